The van der Waals surface area contributed by atoms with E-state index in [1.807, 2.05) is 0 Å². The van der Waals surface area contributed by atoms with Crippen LogP contribution in [0.5, 0.6) is 0 Å². The molecule has 0 radical (unpaired) electrons. The highest BCUT2D eigenvalue weighted by atomic mass is 79.9. The van der Waals surface area contributed by atoms with Gasteiger partial charge in [-0.05, 0) is 47.0 Å². The van der Waals surface area contributed by atoms with E-state index in [4.69, 9.17) is 0 Å². The summed E-state index contributed by atoms with van der Waals surface area (Å²) in [5, 5.41) is 9.58. The maximum Gasteiger partial charge on any atom is 0.329 e. The third-order valence-corrected chi connectivity index (χ3v) is 4.84. The lowest BCUT2D eigenvalue weighted by molar-refractivity contribution is -0.151. The summed E-state index contributed by atoms with van der Waals surface area (Å²) in [4.78, 5) is 25.5. The van der Waals surface area contributed by atoms with Gasteiger partial charge >= 0.3 is 5.97 Å². The van der Waals surface area contributed by atoms with Crippen LogP contribution in [0.4, 0.5) is 4.39 Å². The molecule has 0 heterocycles. The number of carboxylic acid groups (broad SMARTS) is 1. The molecule has 114 valence electrons. The molecule has 1 aromatic rings. The summed E-state index contributed by atoms with van der Waals surface area (Å²) >= 11 is 3.03. The molecule has 0 aliphatic heterocycles. The van der Waals surface area contributed by atoms with Crippen LogP contribution < -0.4 is 0 Å². The third-order valence-electron chi connectivity index (χ3n) is 4.19. The van der Waals surface area contributed by atoms with E-state index in [1.165, 1.54) is 24.1 Å². The molecular weight excluding hydrogens is 341 g/mol. The Kier molecular flexibility index (Phi) is 4.66. The van der Waals surface area contributed by atoms with Crippen molar-refractivity contribution >= 4 is 27.8 Å². The fraction of sp³-hybridized carbons (Fsp3) is 0.467. The Bertz CT molecular complexity index is 570. The molecule has 1 aliphatic rings. The summed E-state index contributed by atoms with van der Waals surface area (Å²) in [6.45, 7) is 0. The first kappa shape index (κ1) is 15.9. The summed E-state index contributed by atoms with van der Waals surface area (Å²) in [5.74, 6) is -2.00. The maximum atomic E-state index is 13.6. The number of halogens is 2. The first-order chi connectivity index (χ1) is 9.88. The highest BCUT2D eigenvalue weighted by molar-refractivity contribution is 9.10. The van der Waals surface area contributed by atoms with E-state index in [-0.39, 0.29) is 10.0 Å². The molecule has 0 unspecified atom stereocenters. The Balaban J connectivity index is 2.31. The Morgan fingerprint density at radius 3 is 2.43 bits per heavy atom. The summed E-state index contributed by atoms with van der Waals surface area (Å²) in [6.07, 6.45) is 3.40. The van der Waals surface area contributed by atoms with Gasteiger partial charge in [-0.2, -0.15) is 0 Å². The quantitative estimate of drug-likeness (QED) is 0.901. The van der Waals surface area contributed by atoms with E-state index < -0.39 is 23.2 Å². The van der Waals surface area contributed by atoms with Crippen molar-refractivity contribution in [3.63, 3.8) is 0 Å². The average Bonchev–Trinajstić information content (AvgIpc) is 2.49. The summed E-state index contributed by atoms with van der Waals surface area (Å²) < 4.78 is 13.8. The number of amides is 1. The molecular formula is C15H17BrFNO3. The molecule has 1 fully saturated rings. The maximum absolute atomic E-state index is 13.6. The molecule has 6 heteroatoms. The molecule has 1 amide bonds. The number of likely N-dealkylation sites (N-methyl/N-ethyl adjacent to an activating group) is 1. The van der Waals surface area contributed by atoms with Crippen LogP contribution in [0.2, 0.25) is 0 Å². The van der Waals surface area contributed by atoms with E-state index >= 15 is 0 Å². The van der Waals surface area contributed by atoms with Gasteiger partial charge in [-0.1, -0.05) is 19.3 Å². The van der Waals surface area contributed by atoms with Crippen molar-refractivity contribution in [1.82, 2.24) is 4.90 Å². The van der Waals surface area contributed by atoms with Gasteiger partial charge < -0.3 is 10.0 Å². The molecule has 0 spiro atoms. The van der Waals surface area contributed by atoms with Crippen LogP contribution in [-0.2, 0) is 4.79 Å². The standard InChI is InChI=1S/C15H17BrFNO3/c1-18(15(14(20)21)7-3-2-4-8-15)13(19)10-5-6-11(16)12(17)9-10/h5-6,9H,2-4,7-8H2,1H3,(H,20,21). The normalized spacial score (nSPS) is 17.3. The number of carbonyl (C=O) groups excluding carboxylic acids is 1. The van der Waals surface area contributed by atoms with Crippen molar-refractivity contribution < 1.29 is 19.1 Å². The lowest BCUT2D eigenvalue weighted by Crippen LogP contribution is -2.56. The van der Waals surface area contributed by atoms with Crippen molar-refractivity contribution in [2.24, 2.45) is 0 Å². The Labute approximate surface area is 131 Å². The Hall–Kier alpha value is -1.43. The van der Waals surface area contributed by atoms with Crippen LogP contribution in [0, 0.1) is 5.82 Å². The number of benzene rings is 1. The number of carbonyl (C=O) groups is 2. The van der Waals surface area contributed by atoms with Crippen LogP contribution in [-0.4, -0.2) is 34.5 Å². The number of nitrogens with zero attached hydrogens (tertiary/aromatic N) is 1. The van der Waals surface area contributed by atoms with Gasteiger partial charge in [0.05, 0.1) is 4.47 Å². The molecule has 0 bridgehead atoms. The highest BCUT2D eigenvalue weighted by Crippen LogP contribution is 2.34. The lowest BCUT2D eigenvalue weighted by atomic mass is 9.80. The molecule has 0 atom stereocenters. The topological polar surface area (TPSA) is 57.6 Å². The van der Waals surface area contributed by atoms with E-state index in [1.54, 1.807) is 0 Å². The first-order valence-electron chi connectivity index (χ1n) is 6.85. The number of aliphatic carboxylic acids is 1. The highest BCUT2D eigenvalue weighted by Gasteiger charge is 2.45. The van der Waals surface area contributed by atoms with Crippen LogP contribution in [0.15, 0.2) is 22.7 Å². The van der Waals surface area contributed by atoms with Crippen LogP contribution in [0.25, 0.3) is 0 Å². The fourth-order valence-electron chi connectivity index (χ4n) is 2.85. The van der Waals surface area contributed by atoms with Crippen molar-refractivity contribution in [2.75, 3.05) is 7.05 Å². The van der Waals surface area contributed by atoms with E-state index in [2.05, 4.69) is 15.9 Å². The second-order valence-corrected chi connectivity index (χ2v) is 6.24. The zero-order valence-corrected chi connectivity index (χ0v) is 13.3. The molecule has 2 rings (SSSR count). The molecule has 1 aliphatic carbocycles. The van der Waals surface area contributed by atoms with E-state index in [0.29, 0.717) is 12.8 Å². The average molecular weight is 358 g/mol. The minimum Gasteiger partial charge on any atom is -0.479 e. The molecule has 0 saturated heterocycles. The van der Waals surface area contributed by atoms with Crippen LogP contribution in [0.3, 0.4) is 0 Å². The number of rotatable bonds is 3. The third kappa shape index (κ3) is 2.95. The van der Waals surface area contributed by atoms with E-state index in [9.17, 15) is 19.1 Å². The van der Waals surface area contributed by atoms with Gasteiger partial charge in [-0.3, -0.25) is 4.79 Å². The predicted molar refractivity (Wildman–Crippen MR) is 79.6 cm³/mol. The van der Waals surface area contributed by atoms with Gasteiger partial charge in [-0.25, -0.2) is 9.18 Å². The second kappa shape index (κ2) is 6.13. The molecule has 4 nitrogen and oxygen atoms in total. The van der Waals surface area contributed by atoms with Crippen molar-refractivity contribution in [1.29, 1.82) is 0 Å². The minimum absolute atomic E-state index is 0.157. The Morgan fingerprint density at radius 1 is 1.29 bits per heavy atom. The zero-order chi connectivity index (χ0) is 15.6. The fourth-order valence-corrected chi connectivity index (χ4v) is 3.09. The van der Waals surface area contributed by atoms with Gasteiger partial charge in [0.25, 0.3) is 5.91 Å². The van der Waals surface area contributed by atoms with Crippen molar-refractivity contribution in [3.8, 4) is 0 Å². The van der Waals surface area contributed by atoms with Crippen LogP contribution in [0.1, 0.15) is 42.5 Å². The summed E-state index contributed by atoms with van der Waals surface area (Å²) in [7, 11) is 1.49. The van der Waals surface area contributed by atoms with Gasteiger partial charge in [0.2, 0.25) is 0 Å². The minimum atomic E-state index is -1.18. The van der Waals surface area contributed by atoms with Crippen molar-refractivity contribution in [3.05, 3.63) is 34.1 Å². The molecule has 1 aromatic carbocycles. The monoisotopic (exact) mass is 357 g/mol. The zero-order valence-electron chi connectivity index (χ0n) is 11.7. The van der Waals surface area contributed by atoms with Gasteiger partial charge in [0.15, 0.2) is 0 Å². The number of carboxylic acids is 1. The van der Waals surface area contributed by atoms with E-state index in [0.717, 1.165) is 25.3 Å². The molecule has 1 N–H and O–H groups in total. The number of hydrogen-bond donors (Lipinski definition) is 1. The lowest BCUT2D eigenvalue weighted by Gasteiger charge is -2.41. The number of hydrogen-bond acceptors (Lipinski definition) is 2. The largest absolute Gasteiger partial charge is 0.479 e. The summed E-state index contributed by atoms with van der Waals surface area (Å²) in [5.41, 5.74) is -1.02. The van der Waals surface area contributed by atoms with Gasteiger partial charge in [0.1, 0.15) is 11.4 Å². The molecule has 1 saturated carbocycles. The predicted octanol–water partition coefficient (Wildman–Crippen LogP) is 3.45. The molecule has 0 aromatic heterocycles. The van der Waals surface area contributed by atoms with Crippen LogP contribution >= 0.6 is 15.9 Å². The van der Waals surface area contributed by atoms with Crippen molar-refractivity contribution in [2.45, 2.75) is 37.6 Å². The Morgan fingerprint density at radius 2 is 1.90 bits per heavy atom. The smallest absolute Gasteiger partial charge is 0.329 e. The second-order valence-electron chi connectivity index (χ2n) is 5.39. The summed E-state index contributed by atoms with van der Waals surface area (Å²) in [6, 6.07) is 4.07. The molecule has 21 heavy (non-hydrogen) atoms. The first-order valence-corrected chi connectivity index (χ1v) is 7.64. The van der Waals surface area contributed by atoms with Gasteiger partial charge in [0, 0.05) is 12.6 Å². The van der Waals surface area contributed by atoms with Gasteiger partial charge in [-0.15, -0.1) is 0 Å². The SMILES string of the molecule is CN(C(=O)c1ccc(Br)c(F)c1)C1(C(=O)O)CCCCC1.